The summed E-state index contributed by atoms with van der Waals surface area (Å²) in [6.07, 6.45) is 17.9. The van der Waals surface area contributed by atoms with Crippen LogP contribution in [0.5, 0.6) is 0 Å². The summed E-state index contributed by atoms with van der Waals surface area (Å²) in [5.41, 5.74) is 12.4. The van der Waals surface area contributed by atoms with E-state index in [0.29, 0.717) is 0 Å². The van der Waals surface area contributed by atoms with E-state index in [-0.39, 0.29) is 0 Å². The summed E-state index contributed by atoms with van der Waals surface area (Å²) in [5.74, 6) is 0. The largest absolute Gasteiger partial charge is 0.248 e. The highest BCUT2D eigenvalue weighted by atomic mass is 14.7. The van der Waals surface area contributed by atoms with Crippen molar-refractivity contribution in [1.29, 1.82) is 0 Å². The molecule has 0 aliphatic carbocycles. The first-order valence-corrected chi connectivity index (χ1v) is 18.7. The Morgan fingerprint density at radius 1 is 0.375 bits per heavy atom. The average Bonchev–Trinajstić information content (AvgIpc) is 3.14. The zero-order valence-corrected chi connectivity index (χ0v) is 29.2. The molecule has 246 valence electrons. The second-order valence-corrected chi connectivity index (χ2v) is 13.5. The van der Waals surface area contributed by atoms with Gasteiger partial charge in [-0.3, -0.25) is 0 Å². The average molecular weight is 633 g/mol. The van der Waals surface area contributed by atoms with E-state index in [1.807, 2.05) is 0 Å². The summed E-state index contributed by atoms with van der Waals surface area (Å²) in [6.45, 7) is 4.60. The van der Waals surface area contributed by atoms with Crippen LogP contribution in [0.3, 0.4) is 0 Å². The molecule has 0 saturated heterocycles. The number of hydrogen-bond acceptors (Lipinski definition) is 2. The van der Waals surface area contributed by atoms with Crippen LogP contribution in [0.2, 0.25) is 0 Å². The van der Waals surface area contributed by atoms with Gasteiger partial charge in [0.05, 0.1) is 22.4 Å². The van der Waals surface area contributed by atoms with Gasteiger partial charge in [0.2, 0.25) is 0 Å². The van der Waals surface area contributed by atoms with Crippen molar-refractivity contribution in [3.63, 3.8) is 0 Å². The van der Waals surface area contributed by atoms with Crippen LogP contribution in [0.15, 0.2) is 109 Å². The standard InChI is InChI=1S/C46H52N2/c1-3-5-7-9-11-13-21-40-39(35-25-27-38(28-26-35)45-33-29-36-19-15-17-23-43(36)47-45)31-32-42(41(40)22-14-12-10-8-6-4-2)46-34-30-37-20-16-18-24-44(37)48-46/h15-20,23-34H,3-14,21-22H2,1-2H3. The van der Waals surface area contributed by atoms with E-state index in [1.54, 1.807) is 0 Å². The molecule has 0 fully saturated rings. The molecule has 48 heavy (non-hydrogen) atoms. The van der Waals surface area contributed by atoms with Crippen molar-refractivity contribution in [2.75, 3.05) is 0 Å². The first kappa shape index (κ1) is 33.6. The monoisotopic (exact) mass is 632 g/mol. The summed E-state index contributed by atoms with van der Waals surface area (Å²) < 4.78 is 0. The van der Waals surface area contributed by atoms with Crippen molar-refractivity contribution in [2.24, 2.45) is 0 Å². The molecule has 2 heteroatoms. The van der Waals surface area contributed by atoms with Crippen molar-refractivity contribution in [1.82, 2.24) is 9.97 Å². The first-order chi connectivity index (χ1) is 23.7. The maximum absolute atomic E-state index is 5.21. The van der Waals surface area contributed by atoms with E-state index in [4.69, 9.17) is 9.97 Å². The molecule has 0 spiro atoms. The van der Waals surface area contributed by atoms with Gasteiger partial charge in [-0.05, 0) is 72.2 Å². The molecule has 0 unspecified atom stereocenters. The normalized spacial score (nSPS) is 11.5. The number of rotatable bonds is 17. The Morgan fingerprint density at radius 2 is 0.833 bits per heavy atom. The van der Waals surface area contributed by atoms with Gasteiger partial charge in [-0.1, -0.05) is 163 Å². The number of hydrogen-bond donors (Lipinski definition) is 0. The van der Waals surface area contributed by atoms with Crippen LogP contribution in [-0.4, -0.2) is 9.97 Å². The highest BCUT2D eigenvalue weighted by Crippen LogP contribution is 2.37. The molecular formula is C46H52N2. The van der Waals surface area contributed by atoms with Crippen molar-refractivity contribution < 1.29 is 0 Å². The number of nitrogens with zero attached hydrogens (tertiary/aromatic N) is 2. The minimum atomic E-state index is 1.02. The molecule has 0 radical (unpaired) electrons. The molecule has 0 amide bonds. The molecule has 0 aliphatic heterocycles. The lowest BCUT2D eigenvalue weighted by molar-refractivity contribution is 0.599. The maximum atomic E-state index is 5.21. The van der Waals surface area contributed by atoms with Crippen LogP contribution in [0.1, 0.15) is 102 Å². The quantitative estimate of drug-likeness (QED) is 0.0935. The van der Waals surface area contributed by atoms with Gasteiger partial charge in [-0.2, -0.15) is 0 Å². The fourth-order valence-corrected chi connectivity index (χ4v) is 7.20. The van der Waals surface area contributed by atoms with Crippen LogP contribution >= 0.6 is 0 Å². The molecule has 6 aromatic rings. The van der Waals surface area contributed by atoms with E-state index in [9.17, 15) is 0 Å². The van der Waals surface area contributed by atoms with Crippen LogP contribution in [-0.2, 0) is 12.8 Å². The van der Waals surface area contributed by atoms with Crippen molar-refractivity contribution >= 4 is 21.8 Å². The molecule has 0 aliphatic rings. The predicted molar refractivity (Wildman–Crippen MR) is 208 cm³/mol. The zero-order chi connectivity index (χ0) is 33.0. The van der Waals surface area contributed by atoms with Crippen molar-refractivity contribution in [3.05, 3.63) is 120 Å². The highest BCUT2D eigenvalue weighted by Gasteiger charge is 2.17. The molecule has 0 saturated carbocycles. The molecule has 4 aromatic carbocycles. The molecular weight excluding hydrogens is 581 g/mol. The first-order valence-electron chi connectivity index (χ1n) is 18.7. The lowest BCUT2D eigenvalue weighted by Crippen LogP contribution is -2.03. The van der Waals surface area contributed by atoms with Crippen LogP contribution < -0.4 is 0 Å². The molecule has 6 rings (SSSR count). The lowest BCUT2D eigenvalue weighted by atomic mass is 9.85. The molecule has 2 aromatic heterocycles. The second kappa shape index (κ2) is 17.2. The number of pyridine rings is 2. The van der Waals surface area contributed by atoms with Gasteiger partial charge in [0.15, 0.2) is 0 Å². The summed E-state index contributed by atoms with van der Waals surface area (Å²) in [5, 5.41) is 2.37. The number of unbranched alkanes of at least 4 members (excludes halogenated alkanes) is 10. The van der Waals surface area contributed by atoms with Crippen molar-refractivity contribution in [3.8, 4) is 33.6 Å². The summed E-state index contributed by atoms with van der Waals surface area (Å²) >= 11 is 0. The van der Waals surface area contributed by atoms with Crippen molar-refractivity contribution in [2.45, 2.75) is 104 Å². The third kappa shape index (κ3) is 8.40. The Morgan fingerprint density at radius 3 is 1.44 bits per heavy atom. The number of para-hydroxylation sites is 2. The summed E-state index contributed by atoms with van der Waals surface area (Å²) in [4.78, 5) is 10.2. The minimum absolute atomic E-state index is 1.02. The Labute approximate surface area is 288 Å². The molecule has 0 N–H and O–H groups in total. The third-order valence-electron chi connectivity index (χ3n) is 9.96. The van der Waals surface area contributed by atoms with Gasteiger partial charge >= 0.3 is 0 Å². The Balaban J connectivity index is 1.37. The number of fused-ring (bicyclic) bond motifs is 2. The number of benzene rings is 4. The van der Waals surface area contributed by atoms with E-state index < -0.39 is 0 Å². The molecule has 0 atom stereocenters. The smallest absolute Gasteiger partial charge is 0.0712 e. The van der Waals surface area contributed by atoms with Crippen LogP contribution in [0.25, 0.3) is 55.4 Å². The van der Waals surface area contributed by atoms with Gasteiger partial charge in [-0.25, -0.2) is 9.97 Å². The zero-order valence-electron chi connectivity index (χ0n) is 29.2. The van der Waals surface area contributed by atoms with Gasteiger partial charge in [0.25, 0.3) is 0 Å². The van der Waals surface area contributed by atoms with Gasteiger partial charge in [0.1, 0.15) is 0 Å². The van der Waals surface area contributed by atoms with Crippen LogP contribution in [0.4, 0.5) is 0 Å². The third-order valence-corrected chi connectivity index (χ3v) is 9.96. The van der Waals surface area contributed by atoms with Gasteiger partial charge in [0, 0.05) is 21.9 Å². The SMILES string of the molecule is CCCCCCCCc1c(-c2ccc(-c3ccc4ccccc4n3)cc2)ccc(-c2ccc3ccccc3n2)c1CCCCCCCC. The van der Waals surface area contributed by atoms with E-state index >= 15 is 0 Å². The Bertz CT molecular complexity index is 1900. The summed E-state index contributed by atoms with van der Waals surface area (Å²) in [7, 11) is 0. The van der Waals surface area contributed by atoms with Gasteiger partial charge in [-0.15, -0.1) is 0 Å². The maximum Gasteiger partial charge on any atom is 0.0712 e. The lowest BCUT2D eigenvalue weighted by Gasteiger charge is -2.20. The van der Waals surface area contributed by atoms with Gasteiger partial charge < -0.3 is 0 Å². The van der Waals surface area contributed by atoms with E-state index in [1.165, 1.54) is 116 Å². The Kier molecular flexibility index (Phi) is 12.0. The molecule has 2 nitrogen and oxygen atoms in total. The molecule has 2 heterocycles. The van der Waals surface area contributed by atoms with Crippen LogP contribution in [0, 0.1) is 0 Å². The fourth-order valence-electron chi connectivity index (χ4n) is 7.20. The topological polar surface area (TPSA) is 25.8 Å². The minimum Gasteiger partial charge on any atom is -0.248 e. The molecule has 0 bridgehead atoms. The Hall–Kier alpha value is -4.30. The van der Waals surface area contributed by atoms with E-state index in [2.05, 4.69) is 123 Å². The summed E-state index contributed by atoms with van der Waals surface area (Å²) in [6, 6.07) is 39.5. The second-order valence-electron chi connectivity index (χ2n) is 13.5. The van der Waals surface area contributed by atoms with E-state index in [0.717, 1.165) is 40.8 Å². The predicted octanol–water partition coefficient (Wildman–Crippen LogP) is 13.6. The fraction of sp³-hybridized carbons (Fsp3) is 0.348. The number of aromatic nitrogens is 2. The highest BCUT2D eigenvalue weighted by molar-refractivity contribution is 5.84.